The van der Waals surface area contributed by atoms with Crippen LogP contribution < -0.4 is 11.5 Å². The molecule has 0 spiro atoms. The van der Waals surface area contributed by atoms with E-state index in [1.165, 1.54) is 0 Å². The molecule has 1 heterocycles. The van der Waals surface area contributed by atoms with E-state index in [4.69, 9.17) is 16.9 Å². The van der Waals surface area contributed by atoms with Crippen molar-refractivity contribution in [3.63, 3.8) is 0 Å². The van der Waals surface area contributed by atoms with Gasteiger partial charge in [0.15, 0.2) is 0 Å². The van der Waals surface area contributed by atoms with E-state index in [9.17, 15) is 0 Å². The van der Waals surface area contributed by atoms with Gasteiger partial charge in [0.2, 0.25) is 0 Å². The molecule has 0 unspecified atom stereocenters. The van der Waals surface area contributed by atoms with E-state index in [1.807, 2.05) is 24.3 Å². The molecule has 0 atom stereocenters. The third-order valence-electron chi connectivity index (χ3n) is 2.39. The number of hydrogen-bond donors (Lipinski definition) is 3. The molecular weight excluding hydrogens is 200 g/mol. The molecule has 2 rings (SSSR count). The number of nitrogens with zero attached hydrogens (tertiary/aromatic N) is 1. The first kappa shape index (κ1) is 10.2. The minimum atomic E-state index is -0.0200. The second-order valence-electron chi connectivity index (χ2n) is 3.42. The fourth-order valence-electron chi connectivity index (χ4n) is 1.58. The molecule has 2 aromatic rings. The van der Waals surface area contributed by atoms with Crippen molar-refractivity contribution < 1.29 is 0 Å². The third-order valence-corrected chi connectivity index (χ3v) is 2.39. The number of hydrogen-bond acceptors (Lipinski definition) is 3. The van der Waals surface area contributed by atoms with Crippen LogP contribution in [0.5, 0.6) is 0 Å². The van der Waals surface area contributed by atoms with E-state index in [2.05, 4.69) is 4.98 Å². The van der Waals surface area contributed by atoms with Gasteiger partial charge in [-0.2, -0.15) is 0 Å². The van der Waals surface area contributed by atoms with Crippen LogP contribution in [0.1, 0.15) is 5.56 Å². The molecule has 1 aromatic carbocycles. The van der Waals surface area contributed by atoms with E-state index < -0.39 is 0 Å². The van der Waals surface area contributed by atoms with Gasteiger partial charge in [0.1, 0.15) is 5.84 Å². The van der Waals surface area contributed by atoms with Gasteiger partial charge in [-0.25, -0.2) is 0 Å². The highest BCUT2D eigenvalue weighted by Gasteiger charge is 2.08. The topological polar surface area (TPSA) is 88.8 Å². The summed E-state index contributed by atoms with van der Waals surface area (Å²) in [6.07, 6.45) is 3.41. The molecule has 1 aromatic heterocycles. The Balaban J connectivity index is 2.59. The Bertz CT molecular complexity index is 520. The Morgan fingerprint density at radius 3 is 2.44 bits per heavy atom. The van der Waals surface area contributed by atoms with E-state index in [0.717, 1.165) is 11.1 Å². The minimum absolute atomic E-state index is 0.0200. The molecule has 5 N–H and O–H groups in total. The van der Waals surface area contributed by atoms with Crippen molar-refractivity contribution in [2.45, 2.75) is 0 Å². The zero-order valence-corrected chi connectivity index (χ0v) is 8.64. The first-order chi connectivity index (χ1) is 7.70. The molecule has 0 aliphatic heterocycles. The fraction of sp³-hybridized carbons (Fsp3) is 0. The molecular formula is C12H12N4. The molecule has 4 nitrogen and oxygen atoms in total. The molecule has 0 amide bonds. The normalized spacial score (nSPS) is 10.0. The van der Waals surface area contributed by atoms with Crippen LogP contribution >= 0.6 is 0 Å². The van der Waals surface area contributed by atoms with Gasteiger partial charge in [0.25, 0.3) is 0 Å². The van der Waals surface area contributed by atoms with Gasteiger partial charge in [0, 0.05) is 23.5 Å². The minimum Gasteiger partial charge on any atom is -0.398 e. The smallest absolute Gasteiger partial charge is 0.124 e. The maximum Gasteiger partial charge on any atom is 0.124 e. The quantitative estimate of drug-likeness (QED) is 0.401. The summed E-state index contributed by atoms with van der Waals surface area (Å²) in [5, 5.41) is 7.42. The van der Waals surface area contributed by atoms with Gasteiger partial charge >= 0.3 is 0 Å². The lowest BCUT2D eigenvalue weighted by atomic mass is 10.0. The Morgan fingerprint density at radius 2 is 1.81 bits per heavy atom. The van der Waals surface area contributed by atoms with Crippen molar-refractivity contribution in [1.29, 1.82) is 5.41 Å². The van der Waals surface area contributed by atoms with Crippen molar-refractivity contribution in [3.05, 3.63) is 48.3 Å². The number of anilines is 1. The largest absolute Gasteiger partial charge is 0.398 e. The van der Waals surface area contributed by atoms with Crippen molar-refractivity contribution >= 4 is 11.5 Å². The predicted octanol–water partition coefficient (Wildman–Crippen LogP) is 1.61. The highest BCUT2D eigenvalue weighted by atomic mass is 14.7. The summed E-state index contributed by atoms with van der Waals surface area (Å²) in [5.74, 6) is -0.0200. The lowest BCUT2D eigenvalue weighted by Gasteiger charge is -2.09. The number of nitrogens with two attached hydrogens (primary N) is 2. The fourth-order valence-corrected chi connectivity index (χ4v) is 1.58. The summed E-state index contributed by atoms with van der Waals surface area (Å²) in [6.45, 7) is 0. The van der Waals surface area contributed by atoms with E-state index in [0.29, 0.717) is 11.3 Å². The number of rotatable bonds is 2. The SMILES string of the molecule is N=C(N)c1cccc(-c2ccncc2)c1N. The van der Waals surface area contributed by atoms with Crippen LogP contribution in [0.3, 0.4) is 0 Å². The lowest BCUT2D eigenvalue weighted by Crippen LogP contribution is -2.13. The number of nitrogen functional groups attached to an aromatic ring is 2. The second-order valence-corrected chi connectivity index (χ2v) is 3.42. The maximum absolute atomic E-state index is 7.42. The van der Waals surface area contributed by atoms with Gasteiger partial charge < -0.3 is 11.5 Å². The number of nitrogens with one attached hydrogen (secondary N) is 1. The van der Waals surface area contributed by atoms with Crippen LogP contribution in [-0.2, 0) is 0 Å². The van der Waals surface area contributed by atoms with Crippen LogP contribution in [0.15, 0.2) is 42.7 Å². The zero-order valence-electron chi connectivity index (χ0n) is 8.64. The van der Waals surface area contributed by atoms with Gasteiger partial charge in [-0.3, -0.25) is 10.4 Å². The third kappa shape index (κ3) is 1.72. The predicted molar refractivity (Wildman–Crippen MR) is 65.1 cm³/mol. The molecule has 0 aliphatic rings. The molecule has 0 fully saturated rings. The van der Waals surface area contributed by atoms with Crippen molar-refractivity contribution in [2.24, 2.45) is 5.73 Å². The highest BCUT2D eigenvalue weighted by Crippen LogP contribution is 2.27. The van der Waals surface area contributed by atoms with Gasteiger partial charge in [0.05, 0.1) is 5.69 Å². The van der Waals surface area contributed by atoms with Crippen LogP contribution in [-0.4, -0.2) is 10.8 Å². The zero-order chi connectivity index (χ0) is 11.5. The summed E-state index contributed by atoms with van der Waals surface area (Å²) in [4.78, 5) is 3.95. The van der Waals surface area contributed by atoms with E-state index >= 15 is 0 Å². The standard InChI is InChI=1S/C12H12N4/c13-11-9(8-4-6-16-7-5-8)2-1-3-10(11)12(14)15/h1-7H,13H2,(H3,14,15). The molecule has 16 heavy (non-hydrogen) atoms. The van der Waals surface area contributed by atoms with Crippen LogP contribution in [0, 0.1) is 5.41 Å². The molecule has 80 valence electrons. The average Bonchev–Trinajstić information content (AvgIpc) is 2.30. The molecule has 4 heteroatoms. The van der Waals surface area contributed by atoms with Crippen LogP contribution in [0.25, 0.3) is 11.1 Å². The summed E-state index contributed by atoms with van der Waals surface area (Å²) in [6, 6.07) is 9.22. The lowest BCUT2D eigenvalue weighted by molar-refractivity contribution is 1.33. The first-order valence-electron chi connectivity index (χ1n) is 4.83. The second kappa shape index (κ2) is 4.02. The van der Waals surface area contributed by atoms with Crippen LogP contribution in [0.2, 0.25) is 0 Å². The van der Waals surface area contributed by atoms with Crippen molar-refractivity contribution in [3.8, 4) is 11.1 Å². The summed E-state index contributed by atoms with van der Waals surface area (Å²) < 4.78 is 0. The summed E-state index contributed by atoms with van der Waals surface area (Å²) in [5.41, 5.74) is 14.4. The number of benzene rings is 1. The maximum atomic E-state index is 7.42. The number of aromatic nitrogens is 1. The molecule has 0 saturated heterocycles. The van der Waals surface area contributed by atoms with Gasteiger partial charge in [-0.1, -0.05) is 12.1 Å². The van der Waals surface area contributed by atoms with Crippen LogP contribution in [0.4, 0.5) is 5.69 Å². The number of pyridine rings is 1. The Kier molecular flexibility index (Phi) is 2.55. The first-order valence-corrected chi connectivity index (χ1v) is 4.83. The van der Waals surface area contributed by atoms with Gasteiger partial charge in [-0.05, 0) is 23.8 Å². The Morgan fingerprint density at radius 1 is 1.12 bits per heavy atom. The molecule has 0 radical (unpaired) electrons. The molecule has 0 saturated carbocycles. The van der Waals surface area contributed by atoms with Gasteiger partial charge in [-0.15, -0.1) is 0 Å². The highest BCUT2D eigenvalue weighted by molar-refractivity contribution is 6.03. The van der Waals surface area contributed by atoms with E-state index in [1.54, 1.807) is 18.5 Å². The van der Waals surface area contributed by atoms with Crippen molar-refractivity contribution in [2.75, 3.05) is 5.73 Å². The number of para-hydroxylation sites is 1. The number of amidine groups is 1. The summed E-state index contributed by atoms with van der Waals surface area (Å²) >= 11 is 0. The average molecular weight is 212 g/mol. The van der Waals surface area contributed by atoms with Crippen molar-refractivity contribution in [1.82, 2.24) is 4.98 Å². The van der Waals surface area contributed by atoms with E-state index in [-0.39, 0.29) is 5.84 Å². The summed E-state index contributed by atoms with van der Waals surface area (Å²) in [7, 11) is 0. The Labute approximate surface area is 93.4 Å². The monoisotopic (exact) mass is 212 g/mol. The molecule has 0 aliphatic carbocycles. The molecule has 0 bridgehead atoms. The Hall–Kier alpha value is -2.36.